The summed E-state index contributed by atoms with van der Waals surface area (Å²) in [5, 5.41) is 15.3. The monoisotopic (exact) mass is 329 g/mol. The molecule has 1 aromatic carbocycles. The second-order valence-corrected chi connectivity index (χ2v) is 6.29. The number of hydrogen-bond acceptors (Lipinski definition) is 4. The van der Waals surface area contributed by atoms with Crippen molar-refractivity contribution in [3.8, 4) is 11.5 Å². The summed E-state index contributed by atoms with van der Waals surface area (Å²) in [6, 6.07) is 7.17. The van der Waals surface area contributed by atoms with Crippen LogP contribution >= 0.6 is 0 Å². The fourth-order valence-electron chi connectivity index (χ4n) is 3.17. The van der Waals surface area contributed by atoms with Crippen LogP contribution in [0.3, 0.4) is 0 Å². The Morgan fingerprint density at radius 1 is 1.38 bits per heavy atom. The zero-order valence-electron chi connectivity index (χ0n) is 13.8. The molecule has 6 heteroatoms. The Bertz CT molecular complexity index is 698. The van der Waals surface area contributed by atoms with E-state index in [0.717, 1.165) is 37.0 Å². The molecule has 1 aliphatic rings. The van der Waals surface area contributed by atoms with Crippen LogP contribution in [0.5, 0.6) is 0 Å². The number of benzene rings is 1. The minimum atomic E-state index is -0.249. The summed E-state index contributed by atoms with van der Waals surface area (Å²) in [4.78, 5) is 16.4. The number of aryl methyl sites for hydroxylation is 1. The summed E-state index contributed by atoms with van der Waals surface area (Å²) in [5.41, 5.74) is 1.49. The van der Waals surface area contributed by atoms with Crippen molar-refractivity contribution in [1.29, 1.82) is 0 Å². The molecule has 2 atom stereocenters. The molecule has 6 nitrogen and oxygen atoms in total. The van der Waals surface area contributed by atoms with Gasteiger partial charge in [-0.15, -0.1) is 0 Å². The highest BCUT2D eigenvalue weighted by Crippen LogP contribution is 2.25. The summed E-state index contributed by atoms with van der Waals surface area (Å²) in [6.07, 6.45) is 5.73. The van der Waals surface area contributed by atoms with Gasteiger partial charge in [0.2, 0.25) is 5.89 Å². The lowest BCUT2D eigenvalue weighted by molar-refractivity contribution is 0.156. The first-order valence-corrected chi connectivity index (χ1v) is 8.37. The van der Waals surface area contributed by atoms with E-state index in [2.05, 4.69) is 15.6 Å². The Morgan fingerprint density at radius 2 is 2.21 bits per heavy atom. The predicted octanol–water partition coefficient (Wildman–Crippen LogP) is 3.32. The van der Waals surface area contributed by atoms with Gasteiger partial charge in [0.1, 0.15) is 5.76 Å². The minimum Gasteiger partial charge on any atom is -0.441 e. The number of aromatic nitrogens is 1. The molecular formula is C18H23N3O3. The SMILES string of the molecule is Cc1cnc(-c2cccc(NC(=O)NC3CCCCC3CO)c2)o1. The van der Waals surface area contributed by atoms with E-state index in [1.165, 1.54) is 0 Å². The first kappa shape index (κ1) is 16.5. The number of amides is 2. The maximum absolute atomic E-state index is 12.3. The number of aliphatic hydroxyl groups is 1. The Hall–Kier alpha value is -2.34. The average molecular weight is 329 g/mol. The van der Waals surface area contributed by atoms with E-state index >= 15 is 0 Å². The normalized spacial score (nSPS) is 20.6. The Balaban J connectivity index is 1.64. The number of nitrogens with zero attached hydrogens (tertiary/aromatic N) is 1. The highest BCUT2D eigenvalue weighted by atomic mass is 16.4. The van der Waals surface area contributed by atoms with Crippen LogP contribution in [0.4, 0.5) is 10.5 Å². The molecule has 2 aromatic rings. The van der Waals surface area contributed by atoms with Gasteiger partial charge in [-0.1, -0.05) is 18.9 Å². The molecule has 1 saturated carbocycles. The molecule has 128 valence electrons. The molecule has 1 aliphatic carbocycles. The van der Waals surface area contributed by atoms with Crippen molar-refractivity contribution in [2.24, 2.45) is 5.92 Å². The lowest BCUT2D eigenvalue weighted by Gasteiger charge is -2.30. The third-order valence-corrected chi connectivity index (χ3v) is 4.45. The standard InChI is InChI=1S/C18H23N3O3/c1-12-10-19-17(24-12)13-6-4-7-15(9-13)20-18(23)21-16-8-3-2-5-14(16)11-22/h4,6-7,9-10,14,16,22H,2-3,5,8,11H2,1H3,(H2,20,21,23). The van der Waals surface area contributed by atoms with Gasteiger partial charge in [-0.25, -0.2) is 9.78 Å². The highest BCUT2D eigenvalue weighted by Gasteiger charge is 2.25. The van der Waals surface area contributed by atoms with E-state index in [-0.39, 0.29) is 24.6 Å². The van der Waals surface area contributed by atoms with Gasteiger partial charge in [-0.05, 0) is 38.0 Å². The molecule has 2 unspecified atom stereocenters. The van der Waals surface area contributed by atoms with E-state index in [1.54, 1.807) is 6.20 Å². The van der Waals surface area contributed by atoms with Gasteiger partial charge in [0.05, 0.1) is 6.20 Å². The van der Waals surface area contributed by atoms with E-state index in [9.17, 15) is 9.90 Å². The van der Waals surface area contributed by atoms with E-state index in [1.807, 2.05) is 31.2 Å². The van der Waals surface area contributed by atoms with E-state index in [4.69, 9.17) is 4.42 Å². The Labute approximate surface area is 141 Å². The number of oxazole rings is 1. The third-order valence-electron chi connectivity index (χ3n) is 4.45. The van der Waals surface area contributed by atoms with E-state index in [0.29, 0.717) is 11.6 Å². The summed E-state index contributed by atoms with van der Waals surface area (Å²) < 4.78 is 5.51. The second kappa shape index (κ2) is 7.49. The Kier molecular flexibility index (Phi) is 5.15. The average Bonchev–Trinajstić information content (AvgIpc) is 3.02. The number of carbonyl (C=O) groups is 1. The summed E-state index contributed by atoms with van der Waals surface area (Å²) in [5.74, 6) is 1.42. The zero-order valence-corrected chi connectivity index (χ0v) is 13.8. The first-order valence-electron chi connectivity index (χ1n) is 8.37. The molecule has 24 heavy (non-hydrogen) atoms. The second-order valence-electron chi connectivity index (χ2n) is 6.29. The summed E-state index contributed by atoms with van der Waals surface area (Å²) >= 11 is 0. The summed E-state index contributed by atoms with van der Waals surface area (Å²) in [7, 11) is 0. The van der Waals surface area contributed by atoms with Crippen LogP contribution in [-0.2, 0) is 0 Å². The maximum Gasteiger partial charge on any atom is 0.319 e. The van der Waals surface area contributed by atoms with Crippen LogP contribution in [0.15, 0.2) is 34.9 Å². The fraction of sp³-hybridized carbons (Fsp3) is 0.444. The maximum atomic E-state index is 12.3. The van der Waals surface area contributed by atoms with Gasteiger partial charge in [-0.2, -0.15) is 0 Å². The number of urea groups is 1. The number of carbonyl (C=O) groups excluding carboxylic acids is 1. The van der Waals surface area contributed by atoms with Crippen LogP contribution in [-0.4, -0.2) is 28.8 Å². The molecule has 1 aromatic heterocycles. The van der Waals surface area contributed by atoms with Gasteiger partial charge in [0.15, 0.2) is 0 Å². The zero-order chi connectivity index (χ0) is 16.9. The van der Waals surface area contributed by atoms with Gasteiger partial charge in [-0.3, -0.25) is 0 Å². The van der Waals surface area contributed by atoms with Gasteiger partial charge < -0.3 is 20.2 Å². The van der Waals surface area contributed by atoms with Crippen molar-refractivity contribution >= 4 is 11.7 Å². The van der Waals surface area contributed by atoms with Crippen LogP contribution in [0, 0.1) is 12.8 Å². The Morgan fingerprint density at radius 3 is 2.96 bits per heavy atom. The largest absolute Gasteiger partial charge is 0.441 e. The molecule has 1 fully saturated rings. The van der Waals surface area contributed by atoms with Crippen molar-refractivity contribution in [1.82, 2.24) is 10.3 Å². The molecule has 1 heterocycles. The first-order chi connectivity index (χ1) is 11.7. The number of nitrogens with one attached hydrogen (secondary N) is 2. The van der Waals surface area contributed by atoms with Crippen molar-refractivity contribution in [3.05, 3.63) is 36.2 Å². The molecule has 0 bridgehead atoms. The van der Waals surface area contributed by atoms with Crippen LogP contribution in [0.25, 0.3) is 11.5 Å². The van der Waals surface area contributed by atoms with Crippen LogP contribution < -0.4 is 10.6 Å². The van der Waals surface area contributed by atoms with Crippen LogP contribution in [0.1, 0.15) is 31.4 Å². The molecular weight excluding hydrogens is 306 g/mol. The molecule has 0 saturated heterocycles. The van der Waals surface area contributed by atoms with Gasteiger partial charge in [0, 0.05) is 29.8 Å². The lowest BCUT2D eigenvalue weighted by Crippen LogP contribution is -2.45. The number of anilines is 1. The van der Waals surface area contributed by atoms with Crippen molar-refractivity contribution in [2.45, 2.75) is 38.6 Å². The van der Waals surface area contributed by atoms with Gasteiger partial charge in [0.25, 0.3) is 0 Å². The summed E-state index contributed by atoms with van der Waals surface area (Å²) in [6.45, 7) is 1.96. The van der Waals surface area contributed by atoms with Crippen molar-refractivity contribution in [2.75, 3.05) is 11.9 Å². The molecule has 2 amide bonds. The third kappa shape index (κ3) is 3.94. The number of aliphatic hydroxyl groups excluding tert-OH is 1. The number of hydrogen-bond donors (Lipinski definition) is 3. The lowest BCUT2D eigenvalue weighted by atomic mass is 9.85. The van der Waals surface area contributed by atoms with Gasteiger partial charge >= 0.3 is 6.03 Å². The molecule has 0 spiro atoms. The minimum absolute atomic E-state index is 0.0290. The smallest absolute Gasteiger partial charge is 0.319 e. The quantitative estimate of drug-likeness (QED) is 0.803. The van der Waals surface area contributed by atoms with Crippen molar-refractivity contribution < 1.29 is 14.3 Å². The molecule has 3 rings (SSSR count). The molecule has 0 aliphatic heterocycles. The number of rotatable bonds is 4. The molecule has 3 N–H and O–H groups in total. The van der Waals surface area contributed by atoms with Crippen LogP contribution in [0.2, 0.25) is 0 Å². The fourth-order valence-corrected chi connectivity index (χ4v) is 3.17. The van der Waals surface area contributed by atoms with Crippen molar-refractivity contribution in [3.63, 3.8) is 0 Å². The topological polar surface area (TPSA) is 87.4 Å². The highest BCUT2D eigenvalue weighted by molar-refractivity contribution is 5.90. The van der Waals surface area contributed by atoms with E-state index < -0.39 is 0 Å². The predicted molar refractivity (Wildman–Crippen MR) is 91.7 cm³/mol. The molecule has 0 radical (unpaired) electrons.